The first-order valence-electron chi connectivity index (χ1n) is 12.4. The Hall–Kier alpha value is -2.71. The topological polar surface area (TPSA) is 99.8 Å². The summed E-state index contributed by atoms with van der Waals surface area (Å²) in [5, 5.41) is 8.95. The fourth-order valence-corrected chi connectivity index (χ4v) is 6.26. The minimum absolute atomic E-state index is 0.0583. The number of amides is 3. The van der Waals surface area contributed by atoms with Crippen molar-refractivity contribution in [2.45, 2.75) is 69.3 Å². The zero-order chi connectivity index (χ0) is 23.7. The van der Waals surface area contributed by atoms with E-state index in [1.54, 1.807) is 11.9 Å². The summed E-state index contributed by atoms with van der Waals surface area (Å²) in [5.41, 5.74) is 2.09. The predicted molar refractivity (Wildman–Crippen MR) is 127 cm³/mol. The van der Waals surface area contributed by atoms with Gasteiger partial charge >= 0.3 is 0 Å². The fourth-order valence-electron chi connectivity index (χ4n) is 6.26. The van der Waals surface area contributed by atoms with Gasteiger partial charge in [-0.05, 0) is 50.3 Å². The summed E-state index contributed by atoms with van der Waals surface area (Å²) in [6.07, 6.45) is 9.21. The summed E-state index contributed by atoms with van der Waals surface area (Å²) < 4.78 is 6.11. The van der Waals surface area contributed by atoms with Gasteiger partial charge in [-0.25, -0.2) is 0 Å². The van der Waals surface area contributed by atoms with Crippen LogP contribution in [0.15, 0.2) is 36.4 Å². The molecule has 8 heteroatoms. The minimum Gasteiger partial charge on any atom is -0.358 e. The van der Waals surface area contributed by atoms with Crippen molar-refractivity contribution in [1.82, 2.24) is 20.9 Å². The van der Waals surface area contributed by atoms with E-state index in [1.165, 1.54) is 11.1 Å². The standard InChI is InChI=1S/C26H34N4O4/c1-27-16-21(31)28-20-11-14-34-22-15-26(12-4-5-13-26)23(30(22)25(20)33)24(32)29-19-10-6-8-17-7-2-3-9-18(17)19/h2-5,7,9,19-20,22-23,27H,6,8,10-16H2,1H3,(H,28,31)(H,29,32)/t19-,20+,22+,23?/m1/s1. The number of likely N-dealkylation sites (N-methyl/N-ethyl adjacent to an activating group) is 1. The molecule has 4 atom stereocenters. The minimum atomic E-state index is -0.693. The molecule has 2 heterocycles. The second-order valence-electron chi connectivity index (χ2n) is 10.0. The summed E-state index contributed by atoms with van der Waals surface area (Å²) in [5.74, 6) is -0.581. The smallest absolute Gasteiger partial charge is 0.247 e. The SMILES string of the molecule is CNCC(=O)N[C@H]1CCO[C@H]2CC3(CC=CC3)C(C(=O)N[C@@H]3CCCc4ccccc43)N2C1=O. The van der Waals surface area contributed by atoms with Crippen LogP contribution in [0, 0.1) is 5.41 Å². The van der Waals surface area contributed by atoms with Crippen molar-refractivity contribution in [3.05, 3.63) is 47.5 Å². The van der Waals surface area contributed by atoms with Gasteiger partial charge in [-0.1, -0.05) is 36.4 Å². The van der Waals surface area contributed by atoms with Crippen LogP contribution in [0.2, 0.25) is 0 Å². The Labute approximate surface area is 200 Å². The molecule has 0 bridgehead atoms. The van der Waals surface area contributed by atoms with Crippen molar-refractivity contribution in [2.24, 2.45) is 5.41 Å². The number of nitrogens with one attached hydrogen (secondary N) is 3. The maximum absolute atomic E-state index is 13.9. The number of hydrogen-bond donors (Lipinski definition) is 3. The highest BCUT2D eigenvalue weighted by atomic mass is 16.5. The molecule has 0 aromatic heterocycles. The summed E-state index contributed by atoms with van der Waals surface area (Å²) in [6.45, 7) is 0.498. The van der Waals surface area contributed by atoms with Gasteiger partial charge in [0.25, 0.3) is 0 Å². The molecule has 1 aromatic rings. The molecular weight excluding hydrogens is 432 g/mol. The second-order valence-corrected chi connectivity index (χ2v) is 10.0. The molecule has 1 aromatic carbocycles. The van der Waals surface area contributed by atoms with Crippen LogP contribution in [0.3, 0.4) is 0 Å². The van der Waals surface area contributed by atoms with E-state index in [0.29, 0.717) is 19.4 Å². The number of allylic oxidation sites excluding steroid dienone is 2. The van der Waals surface area contributed by atoms with Gasteiger partial charge in [-0.3, -0.25) is 14.4 Å². The lowest BCUT2D eigenvalue weighted by Crippen LogP contribution is -2.58. The Morgan fingerprint density at radius 1 is 1.12 bits per heavy atom. The summed E-state index contributed by atoms with van der Waals surface area (Å²) in [6, 6.07) is 6.90. The van der Waals surface area contributed by atoms with Crippen molar-refractivity contribution in [3.8, 4) is 0 Å². The van der Waals surface area contributed by atoms with Crippen LogP contribution in [0.4, 0.5) is 0 Å². The Balaban J connectivity index is 1.42. The monoisotopic (exact) mass is 466 g/mol. The van der Waals surface area contributed by atoms with E-state index in [0.717, 1.165) is 32.1 Å². The van der Waals surface area contributed by atoms with Crippen molar-refractivity contribution in [3.63, 3.8) is 0 Å². The van der Waals surface area contributed by atoms with E-state index in [2.05, 4.69) is 40.2 Å². The Bertz CT molecular complexity index is 985. The normalized spacial score (nSPS) is 29.4. The third-order valence-electron chi connectivity index (χ3n) is 7.84. The molecule has 4 aliphatic rings. The second kappa shape index (κ2) is 9.50. The molecule has 1 unspecified atom stereocenters. The van der Waals surface area contributed by atoms with E-state index in [-0.39, 0.29) is 35.7 Å². The molecule has 5 rings (SSSR count). The fraction of sp³-hybridized carbons (Fsp3) is 0.577. The first kappa shape index (κ1) is 23.1. The van der Waals surface area contributed by atoms with E-state index in [1.807, 2.05) is 12.1 Å². The average Bonchev–Trinajstić information content (AvgIpc) is 3.39. The number of rotatable bonds is 5. The molecule has 182 valence electrons. The quantitative estimate of drug-likeness (QED) is 0.572. The van der Waals surface area contributed by atoms with E-state index < -0.39 is 18.3 Å². The largest absolute Gasteiger partial charge is 0.358 e. The van der Waals surface area contributed by atoms with Gasteiger partial charge < -0.3 is 25.6 Å². The van der Waals surface area contributed by atoms with Crippen molar-refractivity contribution in [1.29, 1.82) is 0 Å². The van der Waals surface area contributed by atoms with E-state index >= 15 is 0 Å². The Kier molecular flexibility index (Phi) is 6.44. The number of hydrogen-bond acceptors (Lipinski definition) is 5. The molecule has 34 heavy (non-hydrogen) atoms. The zero-order valence-electron chi connectivity index (χ0n) is 19.7. The molecule has 2 aliphatic carbocycles. The summed E-state index contributed by atoms with van der Waals surface area (Å²) in [4.78, 5) is 41.5. The first-order valence-corrected chi connectivity index (χ1v) is 12.4. The number of fused-ring (bicyclic) bond motifs is 2. The van der Waals surface area contributed by atoms with Crippen LogP contribution >= 0.6 is 0 Å². The number of benzene rings is 1. The van der Waals surface area contributed by atoms with Gasteiger partial charge in [0.1, 0.15) is 18.3 Å². The van der Waals surface area contributed by atoms with Crippen LogP contribution in [-0.2, 0) is 25.5 Å². The zero-order valence-corrected chi connectivity index (χ0v) is 19.7. The lowest BCUT2D eigenvalue weighted by molar-refractivity contribution is -0.150. The van der Waals surface area contributed by atoms with Gasteiger partial charge in [0, 0.05) is 18.3 Å². The molecule has 8 nitrogen and oxygen atoms in total. The Morgan fingerprint density at radius 2 is 1.91 bits per heavy atom. The Morgan fingerprint density at radius 3 is 2.71 bits per heavy atom. The van der Waals surface area contributed by atoms with Gasteiger partial charge in [0.15, 0.2) is 0 Å². The van der Waals surface area contributed by atoms with Gasteiger partial charge in [0.05, 0.1) is 19.2 Å². The number of carbonyl (C=O) groups excluding carboxylic acids is 3. The van der Waals surface area contributed by atoms with Crippen LogP contribution in [-0.4, -0.2) is 61.1 Å². The summed E-state index contributed by atoms with van der Waals surface area (Å²) in [7, 11) is 1.69. The van der Waals surface area contributed by atoms with Gasteiger partial charge in [-0.15, -0.1) is 0 Å². The summed E-state index contributed by atoms with van der Waals surface area (Å²) >= 11 is 0. The van der Waals surface area contributed by atoms with Crippen LogP contribution in [0.1, 0.15) is 55.7 Å². The molecule has 1 spiro atoms. The van der Waals surface area contributed by atoms with Crippen LogP contribution in [0.5, 0.6) is 0 Å². The number of nitrogens with zero attached hydrogens (tertiary/aromatic N) is 1. The molecular formula is C26H34N4O4. The maximum Gasteiger partial charge on any atom is 0.247 e. The molecule has 2 fully saturated rings. The maximum atomic E-state index is 13.9. The predicted octanol–water partition coefficient (Wildman–Crippen LogP) is 1.57. The number of aryl methyl sites for hydroxylation is 1. The van der Waals surface area contributed by atoms with Crippen molar-refractivity contribution >= 4 is 17.7 Å². The average molecular weight is 467 g/mol. The molecule has 3 N–H and O–H groups in total. The van der Waals surface area contributed by atoms with Crippen LogP contribution < -0.4 is 16.0 Å². The van der Waals surface area contributed by atoms with Gasteiger partial charge in [0.2, 0.25) is 17.7 Å². The van der Waals surface area contributed by atoms with Crippen LogP contribution in [0.25, 0.3) is 0 Å². The number of carbonyl (C=O) groups is 3. The molecule has 0 radical (unpaired) electrons. The van der Waals surface area contributed by atoms with Gasteiger partial charge in [-0.2, -0.15) is 0 Å². The highest BCUT2D eigenvalue weighted by Gasteiger charge is 2.59. The lowest BCUT2D eigenvalue weighted by Gasteiger charge is -2.37. The van der Waals surface area contributed by atoms with Crippen molar-refractivity contribution < 1.29 is 19.1 Å². The number of ether oxygens (including phenoxy) is 1. The van der Waals surface area contributed by atoms with Crippen molar-refractivity contribution in [2.75, 3.05) is 20.2 Å². The van der Waals surface area contributed by atoms with E-state index in [9.17, 15) is 14.4 Å². The van der Waals surface area contributed by atoms with E-state index in [4.69, 9.17) is 4.74 Å². The first-order chi connectivity index (χ1) is 16.5. The third kappa shape index (κ3) is 4.14. The molecule has 0 saturated carbocycles. The molecule has 2 saturated heterocycles. The molecule has 3 amide bonds. The molecule has 2 aliphatic heterocycles. The highest BCUT2D eigenvalue weighted by Crippen LogP contribution is 2.51. The lowest BCUT2D eigenvalue weighted by atomic mass is 9.77. The third-order valence-corrected chi connectivity index (χ3v) is 7.84. The highest BCUT2D eigenvalue weighted by molar-refractivity contribution is 5.94.